The number of rotatable bonds is 1. The average molecular weight is 218 g/mol. The minimum atomic E-state index is -0.640. The van der Waals surface area contributed by atoms with Gasteiger partial charge in [0.1, 0.15) is 0 Å². The second kappa shape index (κ2) is 3.89. The third-order valence-electron chi connectivity index (χ3n) is 4.24. The highest BCUT2D eigenvalue weighted by atomic mass is 16.3. The summed E-state index contributed by atoms with van der Waals surface area (Å²) in [5.41, 5.74) is 1.68. The van der Waals surface area contributed by atoms with Crippen molar-refractivity contribution in [2.75, 3.05) is 0 Å². The number of aliphatic hydroxyl groups is 1. The molecule has 1 fully saturated rings. The van der Waals surface area contributed by atoms with Gasteiger partial charge in [0.2, 0.25) is 0 Å². The fraction of sp³-hybridized carbons (Fsp3) is 0.600. The second-order valence-electron chi connectivity index (χ2n) is 5.82. The largest absolute Gasteiger partial charge is 0.385 e. The summed E-state index contributed by atoms with van der Waals surface area (Å²) in [6, 6.07) is 8.36. The van der Waals surface area contributed by atoms with Crippen molar-refractivity contribution in [1.29, 1.82) is 0 Å². The van der Waals surface area contributed by atoms with E-state index < -0.39 is 5.60 Å². The van der Waals surface area contributed by atoms with Crippen LogP contribution in [0.4, 0.5) is 0 Å². The monoisotopic (exact) mass is 218 g/mol. The number of hydrogen-bond donors (Lipinski definition) is 1. The van der Waals surface area contributed by atoms with Crippen molar-refractivity contribution >= 4 is 0 Å². The van der Waals surface area contributed by atoms with Crippen molar-refractivity contribution in [2.45, 2.75) is 52.1 Å². The lowest BCUT2D eigenvalue weighted by Crippen LogP contribution is -2.44. The Morgan fingerprint density at radius 3 is 2.12 bits per heavy atom. The van der Waals surface area contributed by atoms with Gasteiger partial charge in [0, 0.05) is 0 Å². The van der Waals surface area contributed by atoms with Crippen LogP contribution in [0, 0.1) is 12.3 Å². The SMILES string of the molecule is Cc1ccc(C2(O)CCCCC2(C)C)cc1. The van der Waals surface area contributed by atoms with E-state index in [1.54, 1.807) is 0 Å². The molecule has 0 bridgehead atoms. The first kappa shape index (κ1) is 11.7. The molecule has 1 unspecified atom stereocenters. The normalized spacial score (nSPS) is 29.0. The summed E-state index contributed by atoms with van der Waals surface area (Å²) in [5, 5.41) is 11.0. The summed E-state index contributed by atoms with van der Waals surface area (Å²) in [5.74, 6) is 0. The lowest BCUT2D eigenvalue weighted by molar-refractivity contribution is -0.103. The fourth-order valence-electron chi connectivity index (χ4n) is 2.86. The minimum Gasteiger partial charge on any atom is -0.385 e. The van der Waals surface area contributed by atoms with Crippen molar-refractivity contribution in [3.05, 3.63) is 35.4 Å². The molecule has 1 heteroatoms. The van der Waals surface area contributed by atoms with E-state index in [-0.39, 0.29) is 5.41 Å². The maximum absolute atomic E-state index is 11.0. The predicted octanol–water partition coefficient (Wildman–Crippen LogP) is 3.78. The zero-order valence-electron chi connectivity index (χ0n) is 10.6. The minimum absolute atomic E-state index is 0.0134. The summed E-state index contributed by atoms with van der Waals surface area (Å²) in [6.45, 7) is 6.46. The Labute approximate surface area is 98.5 Å². The van der Waals surface area contributed by atoms with Crippen LogP contribution in [0.15, 0.2) is 24.3 Å². The van der Waals surface area contributed by atoms with Crippen LogP contribution in [0.3, 0.4) is 0 Å². The third-order valence-corrected chi connectivity index (χ3v) is 4.24. The lowest BCUT2D eigenvalue weighted by atomic mass is 9.62. The zero-order chi connectivity index (χ0) is 11.8. The van der Waals surface area contributed by atoms with Crippen molar-refractivity contribution < 1.29 is 5.11 Å². The molecule has 0 aliphatic heterocycles. The predicted molar refractivity (Wildman–Crippen MR) is 67.3 cm³/mol. The molecule has 1 aromatic carbocycles. The molecule has 0 aromatic heterocycles. The molecule has 1 aliphatic carbocycles. The smallest absolute Gasteiger partial charge is 0.0947 e. The summed E-state index contributed by atoms with van der Waals surface area (Å²) in [7, 11) is 0. The van der Waals surface area contributed by atoms with Gasteiger partial charge in [0.15, 0.2) is 0 Å². The Morgan fingerprint density at radius 2 is 1.56 bits per heavy atom. The van der Waals surface area contributed by atoms with Crippen LogP contribution in [0.5, 0.6) is 0 Å². The molecule has 88 valence electrons. The molecule has 1 atom stereocenters. The van der Waals surface area contributed by atoms with Gasteiger partial charge in [-0.3, -0.25) is 0 Å². The first-order chi connectivity index (χ1) is 7.46. The van der Waals surface area contributed by atoms with E-state index in [0.717, 1.165) is 24.8 Å². The molecular weight excluding hydrogens is 196 g/mol. The average Bonchev–Trinajstić information content (AvgIpc) is 2.23. The Hall–Kier alpha value is -0.820. The summed E-state index contributed by atoms with van der Waals surface area (Å²) in [6.07, 6.45) is 4.37. The topological polar surface area (TPSA) is 20.2 Å². The highest BCUT2D eigenvalue weighted by Crippen LogP contribution is 2.49. The molecule has 1 N–H and O–H groups in total. The van der Waals surface area contributed by atoms with E-state index in [4.69, 9.17) is 0 Å². The second-order valence-corrected chi connectivity index (χ2v) is 5.82. The van der Waals surface area contributed by atoms with Crippen LogP contribution in [-0.4, -0.2) is 5.11 Å². The Kier molecular flexibility index (Phi) is 2.83. The molecular formula is C15H22O. The third kappa shape index (κ3) is 1.78. The van der Waals surface area contributed by atoms with Gasteiger partial charge < -0.3 is 5.11 Å². The molecule has 1 aromatic rings. The lowest BCUT2D eigenvalue weighted by Gasteiger charge is -2.47. The standard InChI is InChI=1S/C15H22O/c1-12-6-8-13(9-7-12)15(16)11-5-4-10-14(15,2)3/h6-9,16H,4-5,10-11H2,1-3H3. The summed E-state index contributed by atoms with van der Waals surface area (Å²) >= 11 is 0. The van der Waals surface area contributed by atoms with E-state index in [9.17, 15) is 5.11 Å². The van der Waals surface area contributed by atoms with Gasteiger partial charge in [-0.2, -0.15) is 0 Å². The maximum Gasteiger partial charge on any atom is 0.0947 e. The summed E-state index contributed by atoms with van der Waals surface area (Å²) < 4.78 is 0. The van der Waals surface area contributed by atoms with Crippen LogP contribution in [-0.2, 0) is 5.60 Å². The molecule has 16 heavy (non-hydrogen) atoms. The fourth-order valence-corrected chi connectivity index (χ4v) is 2.86. The van der Waals surface area contributed by atoms with Gasteiger partial charge in [-0.15, -0.1) is 0 Å². The van der Waals surface area contributed by atoms with Gasteiger partial charge in [-0.25, -0.2) is 0 Å². The molecule has 0 radical (unpaired) electrons. The van der Waals surface area contributed by atoms with Gasteiger partial charge >= 0.3 is 0 Å². The van der Waals surface area contributed by atoms with Crippen LogP contribution in [0.1, 0.15) is 50.7 Å². The number of benzene rings is 1. The van der Waals surface area contributed by atoms with E-state index >= 15 is 0 Å². The molecule has 1 saturated carbocycles. The molecule has 2 rings (SSSR count). The first-order valence-electron chi connectivity index (χ1n) is 6.25. The molecule has 0 spiro atoms. The van der Waals surface area contributed by atoms with Crippen molar-refractivity contribution in [3.8, 4) is 0 Å². The first-order valence-corrected chi connectivity index (χ1v) is 6.25. The van der Waals surface area contributed by atoms with Crippen molar-refractivity contribution in [2.24, 2.45) is 5.41 Å². The highest BCUT2D eigenvalue weighted by Gasteiger charge is 2.46. The van der Waals surface area contributed by atoms with Gasteiger partial charge in [0.05, 0.1) is 5.60 Å². The number of hydrogen-bond acceptors (Lipinski definition) is 1. The van der Waals surface area contributed by atoms with E-state index in [1.807, 2.05) is 0 Å². The van der Waals surface area contributed by atoms with Crippen molar-refractivity contribution in [3.63, 3.8) is 0 Å². The maximum atomic E-state index is 11.0. The van der Waals surface area contributed by atoms with Crippen LogP contribution in [0.2, 0.25) is 0 Å². The van der Waals surface area contributed by atoms with Crippen LogP contribution >= 0.6 is 0 Å². The molecule has 0 heterocycles. The Balaban J connectivity index is 2.39. The van der Waals surface area contributed by atoms with Gasteiger partial charge in [-0.05, 0) is 30.7 Å². The van der Waals surface area contributed by atoms with Crippen LogP contribution in [0.25, 0.3) is 0 Å². The van der Waals surface area contributed by atoms with E-state index in [1.165, 1.54) is 12.0 Å². The Bertz CT molecular complexity index is 364. The molecule has 1 nitrogen and oxygen atoms in total. The zero-order valence-corrected chi connectivity index (χ0v) is 10.6. The highest BCUT2D eigenvalue weighted by molar-refractivity contribution is 5.28. The van der Waals surface area contributed by atoms with E-state index in [2.05, 4.69) is 45.0 Å². The quantitative estimate of drug-likeness (QED) is 0.760. The Morgan fingerprint density at radius 1 is 1.00 bits per heavy atom. The van der Waals surface area contributed by atoms with E-state index in [0.29, 0.717) is 0 Å². The van der Waals surface area contributed by atoms with Gasteiger partial charge in [-0.1, -0.05) is 56.5 Å². The summed E-state index contributed by atoms with van der Waals surface area (Å²) in [4.78, 5) is 0. The number of aryl methyl sites for hydroxylation is 1. The molecule has 0 amide bonds. The molecule has 0 saturated heterocycles. The van der Waals surface area contributed by atoms with Crippen molar-refractivity contribution in [1.82, 2.24) is 0 Å². The van der Waals surface area contributed by atoms with Gasteiger partial charge in [0.25, 0.3) is 0 Å². The van der Waals surface area contributed by atoms with Crippen LogP contribution < -0.4 is 0 Å². The molecule has 1 aliphatic rings.